The van der Waals surface area contributed by atoms with Crippen LogP contribution in [0.2, 0.25) is 0 Å². The molecule has 2 rings (SSSR count). The zero-order valence-electron chi connectivity index (χ0n) is 13.4. The molecular formula is C17H18BrNO4S. The minimum Gasteiger partial charge on any atom is -0.465 e. The van der Waals surface area contributed by atoms with Crippen LogP contribution in [0.5, 0.6) is 0 Å². The van der Waals surface area contributed by atoms with Gasteiger partial charge in [0.05, 0.1) is 17.2 Å². The summed E-state index contributed by atoms with van der Waals surface area (Å²) in [5.74, 6) is -0.604. The van der Waals surface area contributed by atoms with E-state index in [1.54, 1.807) is 43.3 Å². The highest BCUT2D eigenvalue weighted by atomic mass is 79.9. The number of esters is 1. The topological polar surface area (TPSA) is 63.7 Å². The molecule has 0 aromatic heterocycles. The lowest BCUT2D eigenvalue weighted by molar-refractivity contribution is -0.141. The number of hydrogen-bond donors (Lipinski definition) is 0. The molecule has 5 nitrogen and oxygen atoms in total. The SMILES string of the molecule is CCOC(=O)CN(c1cccc(Br)c1)S(=O)(=O)c1ccc(C)cc1. The van der Waals surface area contributed by atoms with E-state index in [0.717, 1.165) is 9.87 Å². The lowest BCUT2D eigenvalue weighted by atomic mass is 10.2. The average molecular weight is 412 g/mol. The van der Waals surface area contributed by atoms with Gasteiger partial charge in [-0.25, -0.2) is 8.42 Å². The maximum atomic E-state index is 13.0. The van der Waals surface area contributed by atoms with Gasteiger partial charge in [-0.15, -0.1) is 0 Å². The molecule has 0 N–H and O–H groups in total. The number of benzene rings is 2. The van der Waals surface area contributed by atoms with E-state index in [1.807, 2.05) is 6.92 Å². The zero-order valence-corrected chi connectivity index (χ0v) is 15.8. The minimum atomic E-state index is -3.89. The molecule has 128 valence electrons. The van der Waals surface area contributed by atoms with Crippen LogP contribution in [0.4, 0.5) is 5.69 Å². The largest absolute Gasteiger partial charge is 0.465 e. The maximum absolute atomic E-state index is 13.0. The van der Waals surface area contributed by atoms with Gasteiger partial charge in [0.2, 0.25) is 0 Å². The van der Waals surface area contributed by atoms with E-state index in [4.69, 9.17) is 4.74 Å². The molecule has 0 aliphatic carbocycles. The first-order chi connectivity index (χ1) is 11.3. The molecule has 7 heteroatoms. The van der Waals surface area contributed by atoms with Crippen molar-refractivity contribution in [3.05, 3.63) is 58.6 Å². The summed E-state index contributed by atoms with van der Waals surface area (Å²) in [7, 11) is -3.89. The fraction of sp³-hybridized carbons (Fsp3) is 0.235. The lowest BCUT2D eigenvalue weighted by Crippen LogP contribution is -2.36. The van der Waals surface area contributed by atoms with E-state index in [2.05, 4.69) is 15.9 Å². The summed E-state index contributed by atoms with van der Waals surface area (Å²) in [4.78, 5) is 12.0. The van der Waals surface area contributed by atoms with E-state index in [-0.39, 0.29) is 18.0 Å². The van der Waals surface area contributed by atoms with Crippen molar-refractivity contribution in [1.29, 1.82) is 0 Å². The average Bonchev–Trinajstić information content (AvgIpc) is 2.53. The number of sulfonamides is 1. The number of hydrogen-bond acceptors (Lipinski definition) is 4. The second-order valence-electron chi connectivity index (χ2n) is 5.11. The van der Waals surface area contributed by atoms with Crippen LogP contribution in [0.3, 0.4) is 0 Å². The van der Waals surface area contributed by atoms with Crippen molar-refractivity contribution in [2.75, 3.05) is 17.5 Å². The molecule has 0 bridgehead atoms. The number of rotatable bonds is 6. The predicted molar refractivity (Wildman–Crippen MR) is 96.5 cm³/mol. The Labute approximate surface area is 150 Å². The normalized spacial score (nSPS) is 11.1. The van der Waals surface area contributed by atoms with Crippen LogP contribution in [-0.2, 0) is 19.6 Å². The van der Waals surface area contributed by atoms with E-state index in [9.17, 15) is 13.2 Å². The molecule has 0 heterocycles. The monoisotopic (exact) mass is 411 g/mol. The Morgan fingerprint density at radius 1 is 1.17 bits per heavy atom. The van der Waals surface area contributed by atoms with Crippen LogP contribution in [0.25, 0.3) is 0 Å². The molecule has 0 unspecified atom stereocenters. The molecule has 0 fully saturated rings. The fourth-order valence-electron chi connectivity index (χ4n) is 2.11. The lowest BCUT2D eigenvalue weighted by Gasteiger charge is -2.24. The van der Waals surface area contributed by atoms with Crippen LogP contribution in [0.15, 0.2) is 57.9 Å². The van der Waals surface area contributed by atoms with Gasteiger partial charge in [0.15, 0.2) is 0 Å². The molecular weight excluding hydrogens is 394 g/mol. The van der Waals surface area contributed by atoms with Gasteiger partial charge in [0.25, 0.3) is 10.0 Å². The van der Waals surface area contributed by atoms with E-state index in [1.165, 1.54) is 12.1 Å². The summed E-state index contributed by atoms with van der Waals surface area (Å²) in [5.41, 5.74) is 1.34. The summed E-state index contributed by atoms with van der Waals surface area (Å²) < 4.78 is 32.7. The summed E-state index contributed by atoms with van der Waals surface area (Å²) in [5, 5.41) is 0. The Morgan fingerprint density at radius 3 is 2.42 bits per heavy atom. The van der Waals surface area contributed by atoms with Gasteiger partial charge in [-0.3, -0.25) is 9.10 Å². The van der Waals surface area contributed by atoms with Gasteiger partial charge in [0.1, 0.15) is 6.54 Å². The Bertz CT molecular complexity index is 819. The quantitative estimate of drug-likeness (QED) is 0.682. The van der Waals surface area contributed by atoms with E-state index < -0.39 is 16.0 Å². The van der Waals surface area contributed by atoms with Gasteiger partial charge in [-0.05, 0) is 44.2 Å². The van der Waals surface area contributed by atoms with Crippen molar-refractivity contribution in [3.8, 4) is 0 Å². The van der Waals surface area contributed by atoms with Crippen molar-refractivity contribution in [1.82, 2.24) is 0 Å². The second-order valence-corrected chi connectivity index (χ2v) is 7.89. The zero-order chi connectivity index (χ0) is 17.7. The van der Waals surface area contributed by atoms with Crippen molar-refractivity contribution in [2.45, 2.75) is 18.7 Å². The third-order valence-corrected chi connectivity index (χ3v) is 5.56. The third kappa shape index (κ3) is 4.36. The standard InChI is InChI=1S/C17H18BrNO4S/c1-3-23-17(20)12-19(15-6-4-5-14(18)11-15)24(21,22)16-9-7-13(2)8-10-16/h4-11H,3,12H2,1-2H3. The molecule has 0 saturated heterocycles. The number of aryl methyl sites for hydroxylation is 1. The van der Waals surface area contributed by atoms with Crippen LogP contribution in [0.1, 0.15) is 12.5 Å². The van der Waals surface area contributed by atoms with Crippen LogP contribution in [0, 0.1) is 6.92 Å². The van der Waals surface area contributed by atoms with Crippen molar-refractivity contribution < 1.29 is 17.9 Å². The molecule has 0 atom stereocenters. The smallest absolute Gasteiger partial charge is 0.326 e. The number of halogens is 1. The van der Waals surface area contributed by atoms with Gasteiger partial charge >= 0.3 is 5.97 Å². The number of anilines is 1. The molecule has 0 spiro atoms. The number of ether oxygens (including phenoxy) is 1. The Balaban J connectivity index is 2.48. The fourth-order valence-corrected chi connectivity index (χ4v) is 3.90. The molecule has 0 aliphatic heterocycles. The highest BCUT2D eigenvalue weighted by Gasteiger charge is 2.27. The van der Waals surface area contributed by atoms with Crippen LogP contribution in [-0.4, -0.2) is 27.5 Å². The molecule has 0 amide bonds. The van der Waals surface area contributed by atoms with Crippen molar-refractivity contribution >= 4 is 37.6 Å². The first-order valence-corrected chi connectivity index (χ1v) is 9.58. The Kier molecular flexibility index (Phi) is 6.01. The first-order valence-electron chi connectivity index (χ1n) is 7.35. The molecule has 2 aromatic rings. The molecule has 24 heavy (non-hydrogen) atoms. The summed E-state index contributed by atoms with van der Waals surface area (Å²) in [6.07, 6.45) is 0. The number of carbonyl (C=O) groups is 1. The summed E-state index contributed by atoms with van der Waals surface area (Å²) in [6.45, 7) is 3.35. The second kappa shape index (κ2) is 7.81. The van der Waals surface area contributed by atoms with Crippen LogP contribution < -0.4 is 4.31 Å². The van der Waals surface area contributed by atoms with E-state index >= 15 is 0 Å². The van der Waals surface area contributed by atoms with Gasteiger partial charge < -0.3 is 4.74 Å². The van der Waals surface area contributed by atoms with Crippen molar-refractivity contribution in [3.63, 3.8) is 0 Å². The maximum Gasteiger partial charge on any atom is 0.326 e. The van der Waals surface area contributed by atoms with Crippen LogP contribution >= 0.6 is 15.9 Å². The minimum absolute atomic E-state index is 0.123. The number of nitrogens with zero attached hydrogens (tertiary/aromatic N) is 1. The summed E-state index contributed by atoms with van der Waals surface area (Å²) in [6, 6.07) is 13.3. The van der Waals surface area contributed by atoms with E-state index in [0.29, 0.717) is 10.2 Å². The molecule has 0 aliphatic rings. The highest BCUT2D eigenvalue weighted by Crippen LogP contribution is 2.26. The molecule has 0 radical (unpaired) electrons. The highest BCUT2D eigenvalue weighted by molar-refractivity contribution is 9.10. The van der Waals surface area contributed by atoms with Gasteiger partial charge in [0, 0.05) is 4.47 Å². The third-order valence-electron chi connectivity index (χ3n) is 3.28. The predicted octanol–water partition coefficient (Wildman–Crippen LogP) is 3.52. The Morgan fingerprint density at radius 2 is 1.83 bits per heavy atom. The van der Waals surface area contributed by atoms with Gasteiger partial charge in [-0.1, -0.05) is 39.7 Å². The Hall–Kier alpha value is -1.86. The number of carbonyl (C=O) groups excluding carboxylic acids is 1. The molecule has 0 saturated carbocycles. The van der Waals surface area contributed by atoms with Crippen molar-refractivity contribution in [2.24, 2.45) is 0 Å². The molecule has 2 aromatic carbocycles. The van der Waals surface area contributed by atoms with Gasteiger partial charge in [-0.2, -0.15) is 0 Å². The summed E-state index contributed by atoms with van der Waals surface area (Å²) >= 11 is 3.32. The first kappa shape index (κ1) is 18.5.